The molecule has 102 valence electrons. The smallest absolute Gasteiger partial charge is 0.138 e. The largest absolute Gasteiger partial charge is 0.338 e. The molecule has 21 heavy (non-hydrogen) atoms. The number of nitrogens with one attached hydrogen (secondary N) is 1. The van der Waals surface area contributed by atoms with Gasteiger partial charge in [-0.1, -0.05) is 37.3 Å². The van der Waals surface area contributed by atoms with Gasteiger partial charge in [-0.2, -0.15) is 5.26 Å². The molecule has 0 aliphatic carbocycles. The van der Waals surface area contributed by atoms with Gasteiger partial charge in [-0.3, -0.25) is 0 Å². The lowest BCUT2D eigenvalue weighted by molar-refractivity contribution is 1.07. The van der Waals surface area contributed by atoms with Crippen LogP contribution in [0.3, 0.4) is 0 Å². The van der Waals surface area contributed by atoms with Gasteiger partial charge >= 0.3 is 0 Å². The van der Waals surface area contributed by atoms with Crippen LogP contribution < -0.4 is 0 Å². The van der Waals surface area contributed by atoms with Crippen molar-refractivity contribution in [2.45, 2.75) is 13.3 Å². The highest BCUT2D eigenvalue weighted by Crippen LogP contribution is 2.26. The molecule has 0 amide bonds. The molecule has 2 aromatic carbocycles. The number of aromatic amines is 1. The second-order valence-corrected chi connectivity index (χ2v) is 4.82. The van der Waals surface area contributed by atoms with Crippen LogP contribution in [0.5, 0.6) is 0 Å². The number of imidazole rings is 1. The Labute approximate surface area is 123 Å². The van der Waals surface area contributed by atoms with Gasteiger partial charge in [-0.25, -0.2) is 4.98 Å². The summed E-state index contributed by atoms with van der Waals surface area (Å²) in [5, 5.41) is 8.86. The van der Waals surface area contributed by atoms with Gasteiger partial charge in [0, 0.05) is 5.56 Å². The van der Waals surface area contributed by atoms with E-state index in [9.17, 15) is 0 Å². The Morgan fingerprint density at radius 3 is 2.33 bits per heavy atom. The predicted molar refractivity (Wildman–Crippen MR) is 83.6 cm³/mol. The van der Waals surface area contributed by atoms with Crippen molar-refractivity contribution in [3.8, 4) is 28.7 Å². The number of nitriles is 1. The van der Waals surface area contributed by atoms with Crippen LogP contribution in [-0.4, -0.2) is 9.97 Å². The summed E-state index contributed by atoms with van der Waals surface area (Å²) in [4.78, 5) is 8.10. The molecule has 0 saturated carbocycles. The van der Waals surface area contributed by atoms with Gasteiger partial charge in [0.05, 0.1) is 23.0 Å². The molecule has 1 aromatic heterocycles. The van der Waals surface area contributed by atoms with E-state index in [1.165, 1.54) is 0 Å². The van der Waals surface area contributed by atoms with E-state index in [0.717, 1.165) is 34.8 Å². The van der Waals surface area contributed by atoms with Crippen LogP contribution in [0.4, 0.5) is 0 Å². The van der Waals surface area contributed by atoms with E-state index < -0.39 is 0 Å². The summed E-state index contributed by atoms with van der Waals surface area (Å²) < 4.78 is 0. The van der Waals surface area contributed by atoms with Gasteiger partial charge in [0.25, 0.3) is 0 Å². The van der Waals surface area contributed by atoms with E-state index in [2.05, 4.69) is 30.1 Å². The number of nitrogens with zero attached hydrogens (tertiary/aromatic N) is 2. The average molecular weight is 273 g/mol. The Kier molecular flexibility index (Phi) is 3.53. The first-order valence-electron chi connectivity index (χ1n) is 6.96. The molecule has 0 atom stereocenters. The summed E-state index contributed by atoms with van der Waals surface area (Å²) >= 11 is 0. The molecular weight excluding hydrogens is 258 g/mol. The highest BCUT2D eigenvalue weighted by atomic mass is 14.9. The van der Waals surface area contributed by atoms with Crippen molar-refractivity contribution in [2.24, 2.45) is 0 Å². The highest BCUT2D eigenvalue weighted by molar-refractivity contribution is 5.67. The van der Waals surface area contributed by atoms with Crippen molar-refractivity contribution in [3.63, 3.8) is 0 Å². The van der Waals surface area contributed by atoms with E-state index >= 15 is 0 Å². The Morgan fingerprint density at radius 2 is 1.71 bits per heavy atom. The predicted octanol–water partition coefficient (Wildman–Crippen LogP) is 4.18. The normalized spacial score (nSPS) is 10.3. The molecule has 0 aliphatic heterocycles. The number of benzene rings is 2. The lowest BCUT2D eigenvalue weighted by Crippen LogP contribution is -1.85. The topological polar surface area (TPSA) is 52.5 Å². The standard InChI is InChI=1S/C18H15N3/c1-2-16-17(14-6-4-3-5-7-14)21-18(20-16)15-10-8-13(12-19)9-11-15/h3-11H,2H2,1H3,(H,20,21). The SMILES string of the molecule is CCc1nc(-c2ccc(C#N)cc2)[nH]c1-c1ccccc1. The maximum atomic E-state index is 8.86. The zero-order chi connectivity index (χ0) is 14.7. The molecule has 0 spiro atoms. The van der Waals surface area contributed by atoms with E-state index in [0.29, 0.717) is 5.56 Å². The van der Waals surface area contributed by atoms with Gasteiger partial charge in [-0.15, -0.1) is 0 Å². The van der Waals surface area contributed by atoms with Crippen LogP contribution in [0.25, 0.3) is 22.6 Å². The first-order chi connectivity index (χ1) is 10.3. The van der Waals surface area contributed by atoms with Crippen LogP contribution in [0, 0.1) is 11.3 Å². The molecule has 1 N–H and O–H groups in total. The Hall–Kier alpha value is -2.86. The Balaban J connectivity index is 2.05. The minimum absolute atomic E-state index is 0.657. The second-order valence-electron chi connectivity index (χ2n) is 4.82. The van der Waals surface area contributed by atoms with Crippen LogP contribution in [0.15, 0.2) is 54.6 Å². The van der Waals surface area contributed by atoms with Crippen LogP contribution in [0.1, 0.15) is 18.2 Å². The third kappa shape index (κ3) is 2.56. The average Bonchev–Trinajstić information content (AvgIpc) is 3.00. The molecule has 0 unspecified atom stereocenters. The summed E-state index contributed by atoms with van der Waals surface area (Å²) in [5.41, 5.74) is 4.91. The van der Waals surface area contributed by atoms with Gasteiger partial charge in [0.15, 0.2) is 0 Å². The summed E-state index contributed by atoms with van der Waals surface area (Å²) in [5.74, 6) is 0.843. The van der Waals surface area contributed by atoms with Gasteiger partial charge in [0.1, 0.15) is 5.82 Å². The van der Waals surface area contributed by atoms with E-state index in [1.54, 1.807) is 0 Å². The van der Waals surface area contributed by atoms with Gasteiger partial charge < -0.3 is 4.98 Å². The summed E-state index contributed by atoms with van der Waals surface area (Å²) in [7, 11) is 0. The van der Waals surface area contributed by atoms with Crippen LogP contribution in [-0.2, 0) is 6.42 Å². The van der Waals surface area contributed by atoms with E-state index in [1.807, 2.05) is 42.5 Å². The molecule has 0 radical (unpaired) electrons. The molecule has 0 saturated heterocycles. The lowest BCUT2D eigenvalue weighted by Gasteiger charge is -1.99. The fourth-order valence-electron chi connectivity index (χ4n) is 2.35. The minimum Gasteiger partial charge on any atom is -0.338 e. The maximum Gasteiger partial charge on any atom is 0.138 e. The molecule has 3 rings (SSSR count). The molecule has 3 nitrogen and oxygen atoms in total. The zero-order valence-electron chi connectivity index (χ0n) is 11.8. The van der Waals surface area contributed by atoms with Crippen LogP contribution in [0.2, 0.25) is 0 Å². The number of aryl methyl sites for hydroxylation is 1. The molecule has 0 bridgehead atoms. The number of hydrogen-bond acceptors (Lipinski definition) is 2. The van der Waals surface area contributed by atoms with Crippen LogP contribution >= 0.6 is 0 Å². The van der Waals surface area contributed by atoms with Crippen molar-refractivity contribution in [1.29, 1.82) is 5.26 Å². The monoisotopic (exact) mass is 273 g/mol. The molecule has 0 aliphatic rings. The molecule has 3 aromatic rings. The molecular formula is C18H15N3. The fourth-order valence-corrected chi connectivity index (χ4v) is 2.35. The van der Waals surface area contributed by atoms with Crippen molar-refractivity contribution in [1.82, 2.24) is 9.97 Å². The third-order valence-electron chi connectivity index (χ3n) is 3.46. The molecule has 0 fully saturated rings. The summed E-state index contributed by atoms with van der Waals surface area (Å²) in [6.07, 6.45) is 0.872. The molecule has 1 heterocycles. The van der Waals surface area contributed by atoms with E-state index in [-0.39, 0.29) is 0 Å². The number of H-pyrrole nitrogens is 1. The highest BCUT2D eigenvalue weighted by Gasteiger charge is 2.11. The Morgan fingerprint density at radius 1 is 1.00 bits per heavy atom. The maximum absolute atomic E-state index is 8.86. The molecule has 3 heteroatoms. The first-order valence-corrected chi connectivity index (χ1v) is 6.96. The first kappa shape index (κ1) is 13.1. The third-order valence-corrected chi connectivity index (χ3v) is 3.46. The van der Waals surface area contributed by atoms with Crippen molar-refractivity contribution < 1.29 is 0 Å². The van der Waals surface area contributed by atoms with Gasteiger partial charge in [-0.05, 0) is 36.2 Å². The number of hydrogen-bond donors (Lipinski definition) is 1. The summed E-state index contributed by atoms with van der Waals surface area (Å²) in [6, 6.07) is 19.8. The van der Waals surface area contributed by atoms with Crippen molar-refractivity contribution >= 4 is 0 Å². The van der Waals surface area contributed by atoms with Crippen molar-refractivity contribution in [3.05, 3.63) is 65.9 Å². The quantitative estimate of drug-likeness (QED) is 0.778. The Bertz CT molecular complexity index is 778. The minimum atomic E-state index is 0.657. The van der Waals surface area contributed by atoms with Crippen molar-refractivity contribution in [2.75, 3.05) is 0 Å². The number of rotatable bonds is 3. The van der Waals surface area contributed by atoms with Gasteiger partial charge in [0.2, 0.25) is 0 Å². The zero-order valence-corrected chi connectivity index (χ0v) is 11.8. The second kappa shape index (κ2) is 5.64. The number of aromatic nitrogens is 2. The fraction of sp³-hybridized carbons (Fsp3) is 0.111. The van der Waals surface area contributed by atoms with E-state index in [4.69, 9.17) is 10.2 Å². The lowest BCUT2D eigenvalue weighted by atomic mass is 10.1. The summed E-state index contributed by atoms with van der Waals surface area (Å²) in [6.45, 7) is 2.10.